The minimum Gasteiger partial charge on any atom is -0.350 e. The lowest BCUT2D eigenvalue weighted by Crippen LogP contribution is -2.55. The van der Waals surface area contributed by atoms with Gasteiger partial charge in [-0.05, 0) is 82.1 Å². The van der Waals surface area contributed by atoms with Crippen LogP contribution in [0.3, 0.4) is 0 Å². The Bertz CT molecular complexity index is 1560. The second-order valence-electron chi connectivity index (χ2n) is 10.8. The molecule has 0 aliphatic heterocycles. The van der Waals surface area contributed by atoms with Gasteiger partial charge in [0, 0.05) is 22.1 Å². The minimum absolute atomic E-state index is 0.0169. The zero-order valence-electron chi connectivity index (χ0n) is 23.9. The van der Waals surface area contributed by atoms with Crippen molar-refractivity contribution in [1.29, 1.82) is 0 Å². The highest BCUT2D eigenvalue weighted by Crippen LogP contribution is 2.31. The molecule has 0 saturated carbocycles. The lowest BCUT2D eigenvalue weighted by atomic mass is 10.1. The molecule has 0 aliphatic rings. The molecule has 0 bridgehead atoms. The van der Waals surface area contributed by atoms with Gasteiger partial charge in [0.1, 0.15) is 12.6 Å². The molecule has 1 N–H and O–H groups in total. The number of anilines is 1. The third-order valence-electron chi connectivity index (χ3n) is 6.32. The van der Waals surface area contributed by atoms with Gasteiger partial charge in [0.25, 0.3) is 10.0 Å². The summed E-state index contributed by atoms with van der Waals surface area (Å²) in [5, 5.41) is 3.98. The summed E-state index contributed by atoms with van der Waals surface area (Å²) in [5.41, 5.74) is 0.972. The van der Waals surface area contributed by atoms with Crippen LogP contribution < -0.4 is 9.62 Å². The Morgan fingerprint density at radius 2 is 1.52 bits per heavy atom. The summed E-state index contributed by atoms with van der Waals surface area (Å²) in [7, 11) is -4.26. The molecular formula is C30H33Cl4N3O4S. The van der Waals surface area contributed by atoms with Crippen molar-refractivity contribution in [3.05, 3.63) is 91.9 Å². The van der Waals surface area contributed by atoms with Crippen LogP contribution in [0.25, 0.3) is 0 Å². The average Bonchev–Trinajstić information content (AvgIpc) is 2.89. The quantitative estimate of drug-likeness (QED) is 0.241. The van der Waals surface area contributed by atoms with Crippen LogP contribution in [-0.4, -0.2) is 43.3 Å². The SMILES string of the molecule is CC[C@@H](C(=O)NC(C)(C)C)N(Cc1ccc(Cl)cc1Cl)C(=O)CN(c1ccc(Cl)c(Cl)c1)S(=O)(=O)c1ccc(C)cc1. The molecule has 0 unspecified atom stereocenters. The molecule has 226 valence electrons. The Balaban J connectivity index is 2.12. The van der Waals surface area contributed by atoms with Crippen LogP contribution in [0.2, 0.25) is 20.1 Å². The van der Waals surface area contributed by atoms with E-state index in [1.54, 1.807) is 37.3 Å². The molecule has 12 heteroatoms. The van der Waals surface area contributed by atoms with Gasteiger partial charge in [-0.1, -0.05) is 77.1 Å². The summed E-state index contributed by atoms with van der Waals surface area (Å²) >= 11 is 24.9. The van der Waals surface area contributed by atoms with Gasteiger partial charge in [-0.15, -0.1) is 0 Å². The third kappa shape index (κ3) is 8.54. The maximum absolute atomic E-state index is 14.2. The van der Waals surface area contributed by atoms with Crippen molar-refractivity contribution in [1.82, 2.24) is 10.2 Å². The third-order valence-corrected chi connectivity index (χ3v) is 9.43. The number of nitrogens with one attached hydrogen (secondary N) is 1. The summed E-state index contributed by atoms with van der Waals surface area (Å²) in [4.78, 5) is 28.9. The predicted octanol–water partition coefficient (Wildman–Crippen LogP) is 7.53. The molecule has 2 amide bonds. The van der Waals surface area contributed by atoms with E-state index in [1.807, 2.05) is 27.7 Å². The number of halogens is 4. The first-order chi connectivity index (χ1) is 19.5. The van der Waals surface area contributed by atoms with Crippen molar-refractivity contribution >= 4 is 73.9 Å². The van der Waals surface area contributed by atoms with E-state index < -0.39 is 34.1 Å². The Morgan fingerprint density at radius 3 is 2.07 bits per heavy atom. The summed E-state index contributed by atoms with van der Waals surface area (Å²) in [6.07, 6.45) is 0.260. The van der Waals surface area contributed by atoms with Crippen molar-refractivity contribution in [3.8, 4) is 0 Å². The van der Waals surface area contributed by atoms with E-state index in [2.05, 4.69) is 5.32 Å². The summed E-state index contributed by atoms with van der Waals surface area (Å²) in [5.74, 6) is -1.01. The Morgan fingerprint density at radius 1 is 0.881 bits per heavy atom. The number of benzene rings is 3. The van der Waals surface area contributed by atoms with Crippen molar-refractivity contribution in [2.24, 2.45) is 0 Å². The molecule has 0 aliphatic carbocycles. The zero-order valence-corrected chi connectivity index (χ0v) is 27.8. The summed E-state index contributed by atoms with van der Waals surface area (Å²) in [6.45, 7) is 8.42. The largest absolute Gasteiger partial charge is 0.350 e. The molecule has 0 radical (unpaired) electrons. The summed E-state index contributed by atoms with van der Waals surface area (Å²) in [6, 6.07) is 14.5. The number of nitrogens with zero attached hydrogens (tertiary/aromatic N) is 2. The highest BCUT2D eigenvalue weighted by Gasteiger charge is 2.35. The lowest BCUT2D eigenvalue weighted by molar-refractivity contribution is -0.141. The van der Waals surface area contributed by atoms with Crippen molar-refractivity contribution in [2.75, 3.05) is 10.8 Å². The van der Waals surface area contributed by atoms with Crippen LogP contribution in [0.4, 0.5) is 5.69 Å². The maximum Gasteiger partial charge on any atom is 0.264 e. The molecule has 3 rings (SSSR count). The van der Waals surface area contributed by atoms with Gasteiger partial charge < -0.3 is 10.2 Å². The Kier molecular flexibility index (Phi) is 11.2. The fourth-order valence-corrected chi connectivity index (χ4v) is 6.38. The predicted molar refractivity (Wildman–Crippen MR) is 171 cm³/mol. The molecule has 42 heavy (non-hydrogen) atoms. The highest BCUT2D eigenvalue weighted by atomic mass is 35.5. The first-order valence-electron chi connectivity index (χ1n) is 13.1. The highest BCUT2D eigenvalue weighted by molar-refractivity contribution is 7.92. The second kappa shape index (κ2) is 13.9. The fraction of sp³-hybridized carbons (Fsp3) is 0.333. The Hall–Kier alpha value is -2.49. The van der Waals surface area contributed by atoms with E-state index in [9.17, 15) is 18.0 Å². The number of carbonyl (C=O) groups is 2. The lowest BCUT2D eigenvalue weighted by Gasteiger charge is -2.35. The van der Waals surface area contributed by atoms with Gasteiger partial charge in [-0.2, -0.15) is 0 Å². The standard InChI is InChI=1S/C30H33Cl4N3O4S/c1-6-27(29(39)35-30(3,4)5)36(17-20-9-10-21(31)15-25(20)33)28(38)18-37(22-11-14-24(32)26(34)16-22)42(40,41)23-12-7-19(2)8-13-23/h7-16,27H,6,17-18H2,1-5H3,(H,35,39)/t27-/m0/s1. The summed E-state index contributed by atoms with van der Waals surface area (Å²) < 4.78 is 28.9. The molecule has 3 aromatic carbocycles. The van der Waals surface area contributed by atoms with Crippen LogP contribution >= 0.6 is 46.4 Å². The van der Waals surface area contributed by atoms with Crippen LogP contribution in [-0.2, 0) is 26.2 Å². The van der Waals surface area contributed by atoms with Crippen LogP contribution in [0.5, 0.6) is 0 Å². The molecule has 7 nitrogen and oxygen atoms in total. The van der Waals surface area contributed by atoms with Crippen LogP contribution in [0.1, 0.15) is 45.2 Å². The monoisotopic (exact) mass is 671 g/mol. The number of carbonyl (C=O) groups excluding carboxylic acids is 2. The Labute approximate surface area is 267 Å². The molecular weight excluding hydrogens is 640 g/mol. The van der Waals surface area contributed by atoms with E-state index in [1.165, 1.54) is 35.2 Å². The number of rotatable bonds is 10. The number of hydrogen-bond donors (Lipinski definition) is 1. The number of hydrogen-bond acceptors (Lipinski definition) is 4. The number of aryl methyl sites for hydroxylation is 1. The second-order valence-corrected chi connectivity index (χ2v) is 14.4. The van der Waals surface area contributed by atoms with Crippen molar-refractivity contribution in [3.63, 3.8) is 0 Å². The first kappa shape index (κ1) is 34.0. The molecule has 0 spiro atoms. The molecule has 0 heterocycles. The molecule has 0 saturated heterocycles. The van der Waals surface area contributed by atoms with E-state index in [-0.39, 0.29) is 39.5 Å². The number of sulfonamides is 1. The topological polar surface area (TPSA) is 86.8 Å². The average molecular weight is 673 g/mol. The number of amides is 2. The minimum atomic E-state index is -4.26. The van der Waals surface area contributed by atoms with Crippen molar-refractivity contribution < 1.29 is 18.0 Å². The van der Waals surface area contributed by atoms with Crippen LogP contribution in [0.15, 0.2) is 65.6 Å². The smallest absolute Gasteiger partial charge is 0.264 e. The fourth-order valence-electron chi connectivity index (χ4n) is 4.21. The molecule has 1 atom stereocenters. The van der Waals surface area contributed by atoms with E-state index in [0.29, 0.717) is 15.6 Å². The van der Waals surface area contributed by atoms with Gasteiger partial charge in [0.15, 0.2) is 0 Å². The van der Waals surface area contributed by atoms with Gasteiger partial charge in [0.2, 0.25) is 11.8 Å². The van der Waals surface area contributed by atoms with E-state index in [0.717, 1.165) is 9.87 Å². The molecule has 0 fully saturated rings. The van der Waals surface area contributed by atoms with Gasteiger partial charge in [-0.25, -0.2) is 8.42 Å². The van der Waals surface area contributed by atoms with Gasteiger partial charge in [-0.3, -0.25) is 13.9 Å². The van der Waals surface area contributed by atoms with Gasteiger partial charge >= 0.3 is 0 Å². The molecule has 0 aromatic heterocycles. The van der Waals surface area contributed by atoms with Gasteiger partial charge in [0.05, 0.1) is 20.6 Å². The molecule has 3 aromatic rings. The zero-order chi connectivity index (χ0) is 31.4. The van der Waals surface area contributed by atoms with Crippen molar-refractivity contribution in [2.45, 2.75) is 64.1 Å². The first-order valence-corrected chi connectivity index (χ1v) is 16.1. The van der Waals surface area contributed by atoms with E-state index >= 15 is 0 Å². The maximum atomic E-state index is 14.2. The van der Waals surface area contributed by atoms with E-state index in [4.69, 9.17) is 46.4 Å². The normalized spacial score (nSPS) is 12.5. The van der Waals surface area contributed by atoms with Crippen LogP contribution in [0, 0.1) is 6.92 Å².